The van der Waals surface area contributed by atoms with Gasteiger partial charge in [-0.05, 0) is 45.2 Å². The monoisotopic (exact) mass is 366 g/mol. The molecule has 2 N–H and O–H groups in total. The predicted octanol–water partition coefficient (Wildman–Crippen LogP) is 1.89. The molecule has 0 radical (unpaired) electrons. The molecule has 1 unspecified atom stereocenters. The lowest BCUT2D eigenvalue weighted by Gasteiger charge is -2.25. The molecule has 0 aromatic rings. The maximum atomic E-state index is 6.02. The van der Waals surface area contributed by atoms with Gasteiger partial charge in [-0.1, -0.05) is 6.92 Å². The Morgan fingerprint density at radius 3 is 2.50 bits per heavy atom. The molecule has 1 aliphatic heterocycles. The molecule has 1 saturated heterocycles. The van der Waals surface area contributed by atoms with Crippen LogP contribution in [0.3, 0.4) is 0 Å². The van der Waals surface area contributed by atoms with Gasteiger partial charge in [0.15, 0.2) is 5.96 Å². The van der Waals surface area contributed by atoms with Gasteiger partial charge in [0.2, 0.25) is 0 Å². The summed E-state index contributed by atoms with van der Waals surface area (Å²) in [6.45, 7) is 5.59. The molecule has 1 atom stereocenters. The molecule has 1 saturated carbocycles. The lowest BCUT2D eigenvalue weighted by molar-refractivity contribution is 0.241. The van der Waals surface area contributed by atoms with E-state index in [1.54, 1.807) is 0 Å². The summed E-state index contributed by atoms with van der Waals surface area (Å²) in [6, 6.07) is 1.24. The Balaban J connectivity index is 0.00000162. The van der Waals surface area contributed by atoms with Crippen molar-refractivity contribution in [2.45, 2.75) is 51.1 Å². The second-order valence-electron chi connectivity index (χ2n) is 5.35. The maximum Gasteiger partial charge on any atom is 0.191 e. The highest BCUT2D eigenvalue weighted by molar-refractivity contribution is 14.0. The zero-order valence-corrected chi connectivity index (χ0v) is 14.0. The largest absolute Gasteiger partial charge is 0.370 e. The second kappa shape index (κ2) is 7.53. The summed E-state index contributed by atoms with van der Waals surface area (Å²) >= 11 is 0. The Morgan fingerprint density at radius 1 is 1.39 bits per heavy atom. The van der Waals surface area contributed by atoms with Crippen LogP contribution in [0.1, 0.15) is 39.0 Å². The minimum Gasteiger partial charge on any atom is -0.370 e. The lowest BCUT2D eigenvalue weighted by atomic mass is 10.2. The zero-order chi connectivity index (χ0) is 12.3. The van der Waals surface area contributed by atoms with Gasteiger partial charge in [-0.25, -0.2) is 0 Å². The first-order valence-corrected chi connectivity index (χ1v) is 6.99. The average Bonchev–Trinajstić information content (AvgIpc) is 3.05. The van der Waals surface area contributed by atoms with E-state index in [1.165, 1.54) is 45.2 Å². The van der Waals surface area contributed by atoms with Crippen molar-refractivity contribution in [1.82, 2.24) is 9.80 Å². The highest BCUT2D eigenvalue weighted by Gasteiger charge is 2.27. The van der Waals surface area contributed by atoms with Crippen LogP contribution in [0.2, 0.25) is 0 Å². The highest BCUT2D eigenvalue weighted by atomic mass is 127. The van der Waals surface area contributed by atoms with Gasteiger partial charge >= 0.3 is 0 Å². The number of likely N-dealkylation sites (tertiary alicyclic amines) is 1. The second-order valence-corrected chi connectivity index (χ2v) is 5.35. The van der Waals surface area contributed by atoms with Crippen LogP contribution < -0.4 is 5.73 Å². The molecule has 0 amide bonds. The van der Waals surface area contributed by atoms with Gasteiger partial charge in [0.1, 0.15) is 0 Å². The van der Waals surface area contributed by atoms with Crippen molar-refractivity contribution in [3.05, 3.63) is 0 Å². The molecule has 106 valence electrons. The number of halogens is 1. The molecule has 2 rings (SSSR count). The molecule has 2 fully saturated rings. The molecular weight excluding hydrogens is 339 g/mol. The van der Waals surface area contributed by atoms with Gasteiger partial charge in [0, 0.05) is 19.1 Å². The summed E-state index contributed by atoms with van der Waals surface area (Å²) < 4.78 is 0. The summed E-state index contributed by atoms with van der Waals surface area (Å²) in [5.41, 5.74) is 6.02. The Bertz CT molecular complexity index is 272. The number of hydrogen-bond acceptors (Lipinski definition) is 2. The normalized spacial score (nSPS) is 22.7. The first-order valence-electron chi connectivity index (χ1n) is 6.99. The van der Waals surface area contributed by atoms with Gasteiger partial charge in [-0.2, -0.15) is 0 Å². The fourth-order valence-electron chi connectivity index (χ4n) is 2.57. The van der Waals surface area contributed by atoms with E-state index in [-0.39, 0.29) is 24.0 Å². The molecule has 2 aliphatic rings. The van der Waals surface area contributed by atoms with Crippen molar-refractivity contribution < 1.29 is 0 Å². The van der Waals surface area contributed by atoms with Crippen molar-refractivity contribution in [2.24, 2.45) is 10.7 Å². The third kappa shape index (κ3) is 4.26. The van der Waals surface area contributed by atoms with Crippen LogP contribution in [0, 0.1) is 0 Å². The maximum absolute atomic E-state index is 6.02. The molecule has 5 heteroatoms. The summed E-state index contributed by atoms with van der Waals surface area (Å²) in [4.78, 5) is 9.28. The van der Waals surface area contributed by atoms with Crippen LogP contribution in [0.5, 0.6) is 0 Å². The Hall–Kier alpha value is -0.0400. The van der Waals surface area contributed by atoms with Crippen molar-refractivity contribution >= 4 is 29.9 Å². The summed E-state index contributed by atoms with van der Waals surface area (Å²) in [5, 5.41) is 0. The molecule has 18 heavy (non-hydrogen) atoms. The molecule has 0 aromatic carbocycles. The van der Waals surface area contributed by atoms with Crippen LogP contribution in [0.25, 0.3) is 0 Å². The van der Waals surface area contributed by atoms with Gasteiger partial charge in [0.05, 0.1) is 6.54 Å². The quantitative estimate of drug-likeness (QED) is 0.459. The SMILES string of the molecule is CCC(CN=C(N)N(C)C1CC1)N1CCCC1.I. The van der Waals surface area contributed by atoms with Crippen LogP contribution in [-0.4, -0.2) is 54.5 Å². The minimum atomic E-state index is 0. The van der Waals surface area contributed by atoms with E-state index in [2.05, 4.69) is 28.8 Å². The predicted molar refractivity (Wildman–Crippen MR) is 87.6 cm³/mol. The number of aliphatic imine (C=N–C) groups is 1. The lowest BCUT2D eigenvalue weighted by Crippen LogP contribution is -2.39. The van der Waals surface area contributed by atoms with Crippen molar-refractivity contribution in [3.63, 3.8) is 0 Å². The first-order chi connectivity index (χ1) is 8.22. The number of nitrogens with two attached hydrogens (primary N) is 1. The Kier molecular flexibility index (Phi) is 6.70. The summed E-state index contributed by atoms with van der Waals surface area (Å²) in [5.74, 6) is 0.727. The number of rotatable bonds is 5. The standard InChI is InChI=1S/C13H26N4.HI/c1-3-11(17-8-4-5-9-17)10-15-13(14)16(2)12-6-7-12;/h11-12H,3-10H2,1-2H3,(H2,14,15);1H. The highest BCUT2D eigenvalue weighted by Crippen LogP contribution is 2.25. The van der Waals surface area contributed by atoms with Gasteiger partial charge in [-0.15, -0.1) is 24.0 Å². The minimum absolute atomic E-state index is 0. The van der Waals surface area contributed by atoms with Gasteiger partial charge in [-0.3, -0.25) is 9.89 Å². The third-order valence-electron chi connectivity index (χ3n) is 4.05. The molecule has 4 nitrogen and oxygen atoms in total. The van der Waals surface area contributed by atoms with Crippen molar-refractivity contribution in [2.75, 3.05) is 26.7 Å². The van der Waals surface area contributed by atoms with E-state index in [1.807, 2.05) is 0 Å². The van der Waals surface area contributed by atoms with Crippen LogP contribution >= 0.6 is 24.0 Å². The fourth-order valence-corrected chi connectivity index (χ4v) is 2.57. The topological polar surface area (TPSA) is 44.9 Å². The molecule has 1 aliphatic carbocycles. The zero-order valence-electron chi connectivity index (χ0n) is 11.6. The van der Waals surface area contributed by atoms with Crippen molar-refractivity contribution in [3.8, 4) is 0 Å². The molecule has 0 bridgehead atoms. The van der Waals surface area contributed by atoms with Crippen LogP contribution in [-0.2, 0) is 0 Å². The van der Waals surface area contributed by atoms with Crippen LogP contribution in [0.4, 0.5) is 0 Å². The smallest absolute Gasteiger partial charge is 0.191 e. The molecule has 1 heterocycles. The van der Waals surface area contributed by atoms with Gasteiger partial charge < -0.3 is 10.6 Å². The number of guanidine groups is 1. The molecule has 0 spiro atoms. The fraction of sp³-hybridized carbons (Fsp3) is 0.923. The summed E-state index contributed by atoms with van der Waals surface area (Å²) in [7, 11) is 2.06. The molecular formula is C13H27IN4. The Morgan fingerprint density at radius 2 is 2.00 bits per heavy atom. The number of nitrogens with zero attached hydrogens (tertiary/aromatic N) is 3. The molecule has 0 aromatic heterocycles. The van der Waals surface area contributed by atoms with E-state index < -0.39 is 0 Å². The average molecular weight is 366 g/mol. The van der Waals surface area contributed by atoms with E-state index in [0.717, 1.165) is 12.5 Å². The van der Waals surface area contributed by atoms with Crippen LogP contribution in [0.15, 0.2) is 4.99 Å². The van der Waals surface area contributed by atoms with Gasteiger partial charge in [0.25, 0.3) is 0 Å². The first kappa shape index (κ1) is 16.0. The van der Waals surface area contributed by atoms with E-state index in [9.17, 15) is 0 Å². The van der Waals surface area contributed by atoms with Crippen molar-refractivity contribution in [1.29, 1.82) is 0 Å². The van der Waals surface area contributed by atoms with E-state index in [0.29, 0.717) is 12.1 Å². The van der Waals surface area contributed by atoms with E-state index >= 15 is 0 Å². The Labute approximate surface area is 128 Å². The third-order valence-corrected chi connectivity index (χ3v) is 4.05. The summed E-state index contributed by atoms with van der Waals surface area (Å²) in [6.07, 6.45) is 6.41. The van der Waals surface area contributed by atoms with E-state index in [4.69, 9.17) is 5.73 Å². The number of hydrogen-bond donors (Lipinski definition) is 1.